The van der Waals surface area contributed by atoms with E-state index in [0.29, 0.717) is 16.5 Å². The van der Waals surface area contributed by atoms with Crippen LogP contribution in [0.1, 0.15) is 0 Å². The van der Waals surface area contributed by atoms with E-state index in [2.05, 4.69) is 15.8 Å². The van der Waals surface area contributed by atoms with Gasteiger partial charge in [-0.05, 0) is 12.1 Å². The molecule has 0 aromatic heterocycles. The van der Waals surface area contributed by atoms with Crippen LogP contribution in [0.5, 0.6) is 0 Å². The molecule has 0 fully saturated rings. The van der Waals surface area contributed by atoms with Gasteiger partial charge in [-0.2, -0.15) is 8.42 Å². The van der Waals surface area contributed by atoms with E-state index in [-0.39, 0.29) is 18.0 Å². The minimum atomic E-state index is -4.30. The SMILES string of the molecule is O=S(=O)(O)c1ccc(N=NNCCO)c2ccccc12. The third-order valence-electron chi connectivity index (χ3n) is 2.59. The Morgan fingerprint density at radius 3 is 2.45 bits per heavy atom. The van der Waals surface area contributed by atoms with Crippen LogP contribution in [0.2, 0.25) is 0 Å². The van der Waals surface area contributed by atoms with Crippen molar-refractivity contribution in [2.75, 3.05) is 13.2 Å². The molecule has 0 saturated carbocycles. The fourth-order valence-electron chi connectivity index (χ4n) is 1.76. The van der Waals surface area contributed by atoms with Gasteiger partial charge in [-0.3, -0.25) is 9.98 Å². The van der Waals surface area contributed by atoms with Gasteiger partial charge in [0.2, 0.25) is 0 Å². The van der Waals surface area contributed by atoms with E-state index in [4.69, 9.17) is 5.11 Å². The number of aliphatic hydroxyl groups is 1. The molecule has 0 unspecified atom stereocenters. The molecule has 20 heavy (non-hydrogen) atoms. The topological polar surface area (TPSA) is 111 Å². The molecule has 2 aromatic carbocycles. The maximum atomic E-state index is 11.3. The van der Waals surface area contributed by atoms with Crippen molar-refractivity contribution < 1.29 is 18.1 Å². The Hall–Kier alpha value is -2.03. The summed E-state index contributed by atoms with van der Waals surface area (Å²) in [4.78, 5) is -0.171. The van der Waals surface area contributed by atoms with E-state index >= 15 is 0 Å². The maximum absolute atomic E-state index is 11.3. The molecule has 0 atom stereocenters. The molecular weight excluding hydrogens is 282 g/mol. The highest BCUT2D eigenvalue weighted by Gasteiger charge is 2.15. The average Bonchev–Trinajstić information content (AvgIpc) is 2.42. The summed E-state index contributed by atoms with van der Waals surface area (Å²) >= 11 is 0. The first kappa shape index (κ1) is 14.4. The van der Waals surface area contributed by atoms with Crippen LogP contribution in [0.15, 0.2) is 51.6 Å². The van der Waals surface area contributed by atoms with Gasteiger partial charge in [0.05, 0.1) is 18.8 Å². The van der Waals surface area contributed by atoms with E-state index in [0.717, 1.165) is 0 Å². The molecule has 8 heteroatoms. The number of nitrogens with one attached hydrogen (secondary N) is 1. The zero-order valence-corrected chi connectivity index (χ0v) is 11.2. The number of nitrogens with zero attached hydrogens (tertiary/aromatic N) is 2. The number of hydrogen-bond donors (Lipinski definition) is 3. The quantitative estimate of drug-likeness (QED) is 0.336. The molecule has 0 spiro atoms. The standard InChI is InChI=1S/C12H13N3O4S/c16-8-7-13-15-14-11-5-6-12(20(17,18)19)10-4-2-1-3-9(10)11/h1-6,16H,7-8H2,(H,13,14)(H,17,18,19). The van der Waals surface area contributed by atoms with Gasteiger partial charge in [-0.15, -0.1) is 5.11 Å². The summed E-state index contributed by atoms with van der Waals surface area (Å²) in [5, 5.41) is 17.1. The van der Waals surface area contributed by atoms with Gasteiger partial charge >= 0.3 is 0 Å². The molecule has 3 N–H and O–H groups in total. The predicted molar refractivity (Wildman–Crippen MR) is 73.4 cm³/mol. The second kappa shape index (κ2) is 5.95. The molecule has 0 aliphatic heterocycles. The van der Waals surface area contributed by atoms with Gasteiger partial charge in [0, 0.05) is 10.8 Å². The number of benzene rings is 2. The predicted octanol–water partition coefficient (Wildman–Crippen LogP) is 1.67. The summed E-state index contributed by atoms with van der Waals surface area (Å²) in [7, 11) is -4.30. The van der Waals surface area contributed by atoms with E-state index < -0.39 is 10.1 Å². The molecule has 7 nitrogen and oxygen atoms in total. The Bertz CT molecular complexity index is 743. The second-order valence-electron chi connectivity index (χ2n) is 3.94. The molecule has 0 heterocycles. The summed E-state index contributed by atoms with van der Waals surface area (Å²) in [5.74, 6) is 0. The van der Waals surface area contributed by atoms with Gasteiger partial charge in [-0.1, -0.05) is 29.5 Å². The minimum Gasteiger partial charge on any atom is -0.394 e. The van der Waals surface area contributed by atoms with Crippen molar-refractivity contribution in [3.63, 3.8) is 0 Å². The van der Waals surface area contributed by atoms with Crippen molar-refractivity contribution >= 4 is 26.6 Å². The summed E-state index contributed by atoms with van der Waals surface area (Å²) in [6.45, 7) is 0.200. The molecule has 0 bridgehead atoms. The van der Waals surface area contributed by atoms with Crippen LogP contribution >= 0.6 is 0 Å². The normalized spacial score (nSPS) is 12.1. The maximum Gasteiger partial charge on any atom is 0.295 e. The molecule has 0 saturated heterocycles. The third-order valence-corrected chi connectivity index (χ3v) is 3.50. The molecule has 0 amide bonds. The van der Waals surface area contributed by atoms with Crippen molar-refractivity contribution in [3.05, 3.63) is 36.4 Å². The van der Waals surface area contributed by atoms with Gasteiger partial charge in [0.1, 0.15) is 4.90 Å². The van der Waals surface area contributed by atoms with Crippen molar-refractivity contribution in [3.8, 4) is 0 Å². The fourth-order valence-corrected chi connectivity index (χ4v) is 2.45. The van der Waals surface area contributed by atoms with Crippen LogP contribution < -0.4 is 5.43 Å². The number of fused-ring (bicyclic) bond motifs is 1. The largest absolute Gasteiger partial charge is 0.394 e. The van der Waals surface area contributed by atoms with Crippen molar-refractivity contribution in [1.29, 1.82) is 0 Å². The smallest absolute Gasteiger partial charge is 0.295 e. The van der Waals surface area contributed by atoms with Crippen LogP contribution in [-0.2, 0) is 10.1 Å². The summed E-state index contributed by atoms with van der Waals surface area (Å²) < 4.78 is 31.8. The van der Waals surface area contributed by atoms with E-state index in [1.54, 1.807) is 24.3 Å². The molecule has 0 aliphatic rings. The van der Waals surface area contributed by atoms with Gasteiger partial charge in [0.15, 0.2) is 0 Å². The van der Waals surface area contributed by atoms with Crippen LogP contribution in [0.25, 0.3) is 10.8 Å². The van der Waals surface area contributed by atoms with Gasteiger partial charge < -0.3 is 5.11 Å². The number of aliphatic hydroxyl groups excluding tert-OH is 1. The lowest BCUT2D eigenvalue weighted by Crippen LogP contribution is -2.09. The Labute approximate surface area is 115 Å². The molecule has 106 valence electrons. The highest BCUT2D eigenvalue weighted by atomic mass is 32.2. The lowest BCUT2D eigenvalue weighted by atomic mass is 10.1. The average molecular weight is 295 g/mol. The molecule has 2 rings (SSSR count). The minimum absolute atomic E-state index is 0.0680. The first-order chi connectivity index (χ1) is 9.54. The number of hydrogen-bond acceptors (Lipinski definition) is 5. The summed E-state index contributed by atoms with van der Waals surface area (Å²) in [5.41, 5.74) is 2.99. The number of rotatable bonds is 5. The third kappa shape index (κ3) is 3.10. The highest BCUT2D eigenvalue weighted by molar-refractivity contribution is 7.86. The molecule has 2 aromatic rings. The lowest BCUT2D eigenvalue weighted by molar-refractivity contribution is 0.292. The lowest BCUT2D eigenvalue weighted by Gasteiger charge is -2.05. The van der Waals surface area contributed by atoms with Gasteiger partial charge in [0.25, 0.3) is 10.1 Å². The Balaban J connectivity index is 2.52. The molecular formula is C12H13N3O4S. The van der Waals surface area contributed by atoms with Crippen molar-refractivity contribution in [2.45, 2.75) is 4.90 Å². The Kier molecular flexibility index (Phi) is 4.28. The van der Waals surface area contributed by atoms with E-state index in [1.807, 2.05) is 0 Å². The molecule has 0 radical (unpaired) electrons. The van der Waals surface area contributed by atoms with E-state index in [1.165, 1.54) is 12.1 Å². The summed E-state index contributed by atoms with van der Waals surface area (Å²) in [6, 6.07) is 9.40. The summed E-state index contributed by atoms with van der Waals surface area (Å²) in [6.07, 6.45) is 0. The Morgan fingerprint density at radius 2 is 1.80 bits per heavy atom. The van der Waals surface area contributed by atoms with Gasteiger partial charge in [-0.25, -0.2) is 0 Å². The van der Waals surface area contributed by atoms with Crippen LogP contribution in [0.3, 0.4) is 0 Å². The van der Waals surface area contributed by atoms with Crippen LogP contribution in [0, 0.1) is 0 Å². The van der Waals surface area contributed by atoms with E-state index in [9.17, 15) is 13.0 Å². The van der Waals surface area contributed by atoms with Crippen molar-refractivity contribution in [2.24, 2.45) is 10.3 Å². The first-order valence-electron chi connectivity index (χ1n) is 5.78. The zero-order chi connectivity index (χ0) is 14.6. The Morgan fingerprint density at radius 1 is 1.10 bits per heavy atom. The monoisotopic (exact) mass is 295 g/mol. The van der Waals surface area contributed by atoms with Crippen LogP contribution in [-0.4, -0.2) is 31.2 Å². The van der Waals surface area contributed by atoms with Crippen molar-refractivity contribution in [1.82, 2.24) is 5.43 Å². The van der Waals surface area contributed by atoms with Crippen LogP contribution in [0.4, 0.5) is 5.69 Å². The molecule has 0 aliphatic carbocycles. The first-order valence-corrected chi connectivity index (χ1v) is 7.22. The second-order valence-corrected chi connectivity index (χ2v) is 5.33. The zero-order valence-electron chi connectivity index (χ0n) is 10.4. The highest BCUT2D eigenvalue weighted by Crippen LogP contribution is 2.31. The fraction of sp³-hybridized carbons (Fsp3) is 0.167.